The van der Waals surface area contributed by atoms with Crippen LogP contribution in [0.5, 0.6) is 11.5 Å². The van der Waals surface area contributed by atoms with E-state index >= 15 is 0 Å². The van der Waals surface area contributed by atoms with E-state index in [9.17, 15) is 4.79 Å². The molecule has 0 spiro atoms. The van der Waals surface area contributed by atoms with E-state index in [-0.39, 0.29) is 5.78 Å². The van der Waals surface area contributed by atoms with Gasteiger partial charge in [0, 0.05) is 22.6 Å². The third-order valence-corrected chi connectivity index (χ3v) is 4.51. The summed E-state index contributed by atoms with van der Waals surface area (Å²) >= 11 is 0. The largest absolute Gasteiger partial charge is 0.497 e. The second-order valence-corrected chi connectivity index (χ2v) is 6.09. The highest BCUT2D eigenvalue weighted by Gasteiger charge is 2.23. The Morgan fingerprint density at radius 2 is 1.48 bits per heavy atom. The van der Waals surface area contributed by atoms with E-state index in [1.807, 2.05) is 66.7 Å². The van der Waals surface area contributed by atoms with Crippen molar-refractivity contribution in [1.29, 1.82) is 0 Å². The molecule has 0 N–H and O–H groups in total. The van der Waals surface area contributed by atoms with Crippen LogP contribution in [-0.2, 0) is 0 Å². The number of furan rings is 1. The molecule has 134 valence electrons. The molecule has 0 amide bonds. The molecule has 0 aliphatic heterocycles. The van der Waals surface area contributed by atoms with Crippen LogP contribution in [-0.4, -0.2) is 20.0 Å². The fourth-order valence-electron chi connectivity index (χ4n) is 3.11. The number of rotatable bonds is 5. The molecule has 0 aliphatic carbocycles. The number of methoxy groups -OCH3 is 2. The van der Waals surface area contributed by atoms with Crippen LogP contribution in [0.2, 0.25) is 0 Å². The lowest BCUT2D eigenvalue weighted by molar-refractivity contribution is 0.104. The van der Waals surface area contributed by atoms with Gasteiger partial charge < -0.3 is 13.9 Å². The summed E-state index contributed by atoms with van der Waals surface area (Å²) in [6, 6.07) is 22.2. The average molecular weight is 358 g/mol. The molecule has 1 heterocycles. The molecule has 0 fully saturated rings. The van der Waals surface area contributed by atoms with Gasteiger partial charge in [0.1, 0.15) is 22.8 Å². The molecule has 0 bridgehead atoms. The Bertz CT molecular complexity index is 1090. The van der Waals surface area contributed by atoms with Gasteiger partial charge in [0.05, 0.1) is 19.8 Å². The maximum atomic E-state index is 13.3. The lowest BCUT2D eigenvalue weighted by atomic mass is 9.97. The monoisotopic (exact) mass is 358 g/mol. The van der Waals surface area contributed by atoms with E-state index in [0.29, 0.717) is 28.2 Å². The molecule has 4 rings (SSSR count). The van der Waals surface area contributed by atoms with Gasteiger partial charge in [-0.2, -0.15) is 0 Å². The van der Waals surface area contributed by atoms with E-state index in [2.05, 4.69) is 0 Å². The van der Waals surface area contributed by atoms with Gasteiger partial charge >= 0.3 is 0 Å². The third kappa shape index (κ3) is 3.06. The van der Waals surface area contributed by atoms with Crippen molar-refractivity contribution in [3.8, 4) is 22.8 Å². The standard InChI is InChI=1S/C23H18O4/c1-25-17-10-8-16(9-11-17)23-21(22(24)15-6-4-3-5-7-15)19-13-12-18(26-2)14-20(19)27-23/h3-14H,1-2H3. The van der Waals surface area contributed by atoms with Gasteiger partial charge in [0.25, 0.3) is 0 Å². The molecule has 1 aromatic heterocycles. The molecule has 3 aromatic carbocycles. The first-order chi connectivity index (χ1) is 13.2. The second-order valence-electron chi connectivity index (χ2n) is 6.09. The molecule has 0 aliphatic rings. The minimum absolute atomic E-state index is 0.0784. The predicted molar refractivity (Wildman–Crippen MR) is 105 cm³/mol. The molecule has 0 saturated heterocycles. The zero-order chi connectivity index (χ0) is 18.8. The Hall–Kier alpha value is -3.53. The lowest BCUT2D eigenvalue weighted by Gasteiger charge is -2.05. The van der Waals surface area contributed by atoms with E-state index in [0.717, 1.165) is 16.7 Å². The van der Waals surface area contributed by atoms with Gasteiger partial charge in [-0.15, -0.1) is 0 Å². The molecule has 4 aromatic rings. The van der Waals surface area contributed by atoms with Crippen LogP contribution in [0.3, 0.4) is 0 Å². The van der Waals surface area contributed by atoms with Crippen molar-refractivity contribution >= 4 is 16.8 Å². The zero-order valence-corrected chi connectivity index (χ0v) is 15.1. The summed E-state index contributed by atoms with van der Waals surface area (Å²) < 4.78 is 16.6. The molecule has 4 heteroatoms. The Labute approximate surface area is 157 Å². The SMILES string of the molecule is COc1ccc(-c2oc3cc(OC)ccc3c2C(=O)c2ccccc2)cc1. The topological polar surface area (TPSA) is 48.7 Å². The quantitative estimate of drug-likeness (QED) is 0.451. The molecule has 0 saturated carbocycles. The predicted octanol–water partition coefficient (Wildman–Crippen LogP) is 5.35. The highest BCUT2D eigenvalue weighted by atomic mass is 16.5. The Morgan fingerprint density at radius 3 is 2.15 bits per heavy atom. The number of carbonyl (C=O) groups excluding carboxylic acids is 1. The van der Waals surface area contributed by atoms with Crippen molar-refractivity contribution in [3.63, 3.8) is 0 Å². The summed E-state index contributed by atoms with van der Waals surface area (Å²) in [5, 5.41) is 0.760. The smallest absolute Gasteiger partial charge is 0.197 e. The van der Waals surface area contributed by atoms with Crippen molar-refractivity contribution < 1.29 is 18.7 Å². The van der Waals surface area contributed by atoms with Gasteiger partial charge in [-0.3, -0.25) is 4.79 Å². The van der Waals surface area contributed by atoms with Crippen LogP contribution in [0.4, 0.5) is 0 Å². The van der Waals surface area contributed by atoms with Crippen LogP contribution >= 0.6 is 0 Å². The molecule has 27 heavy (non-hydrogen) atoms. The van der Waals surface area contributed by atoms with Crippen molar-refractivity contribution in [3.05, 3.63) is 83.9 Å². The zero-order valence-electron chi connectivity index (χ0n) is 15.1. The number of benzene rings is 3. The summed E-state index contributed by atoms with van der Waals surface area (Å²) in [6.45, 7) is 0. The number of hydrogen-bond donors (Lipinski definition) is 0. The summed E-state index contributed by atoms with van der Waals surface area (Å²) in [4.78, 5) is 13.3. The molecule has 0 atom stereocenters. The minimum Gasteiger partial charge on any atom is -0.497 e. The highest BCUT2D eigenvalue weighted by molar-refractivity contribution is 6.19. The van der Waals surface area contributed by atoms with Crippen LogP contribution in [0.1, 0.15) is 15.9 Å². The third-order valence-electron chi connectivity index (χ3n) is 4.51. The summed E-state index contributed by atoms with van der Waals surface area (Å²) in [5.41, 5.74) is 2.58. The molecule has 0 radical (unpaired) electrons. The van der Waals surface area contributed by atoms with Crippen LogP contribution in [0.15, 0.2) is 77.2 Å². The van der Waals surface area contributed by atoms with Crippen LogP contribution in [0.25, 0.3) is 22.3 Å². The van der Waals surface area contributed by atoms with E-state index in [1.165, 1.54) is 0 Å². The Kier molecular flexibility index (Phi) is 4.38. The molecule has 0 unspecified atom stereocenters. The lowest BCUT2D eigenvalue weighted by Crippen LogP contribution is -2.02. The van der Waals surface area contributed by atoms with Gasteiger partial charge in [-0.25, -0.2) is 0 Å². The summed E-state index contributed by atoms with van der Waals surface area (Å²) in [7, 11) is 3.22. The first kappa shape index (κ1) is 16.9. The van der Waals surface area contributed by atoms with Crippen molar-refractivity contribution in [1.82, 2.24) is 0 Å². The first-order valence-electron chi connectivity index (χ1n) is 8.56. The van der Waals surface area contributed by atoms with Crippen LogP contribution in [0, 0.1) is 0 Å². The number of carbonyl (C=O) groups is 1. The number of ether oxygens (including phenoxy) is 2. The number of ketones is 1. The van der Waals surface area contributed by atoms with Crippen LogP contribution < -0.4 is 9.47 Å². The molecular formula is C23H18O4. The van der Waals surface area contributed by atoms with E-state index in [1.54, 1.807) is 20.3 Å². The van der Waals surface area contributed by atoms with Gasteiger partial charge in [-0.05, 0) is 36.4 Å². The fourth-order valence-corrected chi connectivity index (χ4v) is 3.11. The van der Waals surface area contributed by atoms with E-state index in [4.69, 9.17) is 13.9 Å². The maximum absolute atomic E-state index is 13.3. The number of fused-ring (bicyclic) bond motifs is 1. The van der Waals surface area contributed by atoms with Gasteiger partial charge in [0.2, 0.25) is 0 Å². The first-order valence-corrected chi connectivity index (χ1v) is 8.56. The molecule has 4 nitrogen and oxygen atoms in total. The van der Waals surface area contributed by atoms with E-state index < -0.39 is 0 Å². The minimum atomic E-state index is -0.0784. The Morgan fingerprint density at radius 1 is 0.815 bits per heavy atom. The van der Waals surface area contributed by atoms with Crippen molar-refractivity contribution in [2.24, 2.45) is 0 Å². The summed E-state index contributed by atoms with van der Waals surface area (Å²) in [5.74, 6) is 1.88. The summed E-state index contributed by atoms with van der Waals surface area (Å²) in [6.07, 6.45) is 0. The van der Waals surface area contributed by atoms with Gasteiger partial charge in [0.15, 0.2) is 5.78 Å². The maximum Gasteiger partial charge on any atom is 0.197 e. The number of hydrogen-bond acceptors (Lipinski definition) is 4. The average Bonchev–Trinajstić information content (AvgIpc) is 3.12. The Balaban J connectivity index is 1.94. The molecular weight excluding hydrogens is 340 g/mol. The fraction of sp³-hybridized carbons (Fsp3) is 0.0870. The normalized spacial score (nSPS) is 10.7. The van der Waals surface area contributed by atoms with Crippen molar-refractivity contribution in [2.75, 3.05) is 14.2 Å². The van der Waals surface area contributed by atoms with Crippen molar-refractivity contribution in [2.45, 2.75) is 0 Å². The highest BCUT2D eigenvalue weighted by Crippen LogP contribution is 2.37. The second kappa shape index (κ2) is 7.00. The van der Waals surface area contributed by atoms with Gasteiger partial charge in [-0.1, -0.05) is 30.3 Å².